The van der Waals surface area contributed by atoms with Crippen molar-refractivity contribution in [2.24, 2.45) is 5.92 Å². The zero-order valence-corrected chi connectivity index (χ0v) is 11.8. The second-order valence-corrected chi connectivity index (χ2v) is 4.88. The average Bonchev–Trinajstić information content (AvgIpc) is 2.37. The minimum absolute atomic E-state index is 0.238. The predicted octanol–water partition coefficient (Wildman–Crippen LogP) is 2.90. The summed E-state index contributed by atoms with van der Waals surface area (Å²) in [4.78, 5) is 11.1. The molecule has 0 aromatic heterocycles. The summed E-state index contributed by atoms with van der Waals surface area (Å²) in [5.74, 6) is -0.717. The van der Waals surface area contributed by atoms with Crippen LogP contribution in [0.15, 0.2) is 18.2 Å². The van der Waals surface area contributed by atoms with Crippen molar-refractivity contribution in [3.05, 3.63) is 29.3 Å². The van der Waals surface area contributed by atoms with Gasteiger partial charge in [-0.05, 0) is 30.5 Å². The molecule has 0 saturated heterocycles. The van der Waals surface area contributed by atoms with E-state index in [-0.39, 0.29) is 11.5 Å². The van der Waals surface area contributed by atoms with Crippen LogP contribution in [0.5, 0.6) is 0 Å². The van der Waals surface area contributed by atoms with Gasteiger partial charge in [0.05, 0.1) is 11.7 Å². The van der Waals surface area contributed by atoms with Crippen LogP contribution in [0.25, 0.3) is 0 Å². The lowest BCUT2D eigenvalue weighted by molar-refractivity contribution is 0.0697. The SMILES string of the molecule is CCC(CC)C(O)CNc1cc(C)ccc1C(=O)O. The standard InChI is InChI=1S/C15H23NO3/c1-4-11(5-2)14(17)9-16-13-8-10(3)6-7-12(13)15(18)19/h6-8,11,14,16-17H,4-5,9H2,1-3H3,(H,18,19). The van der Waals surface area contributed by atoms with E-state index < -0.39 is 12.1 Å². The predicted molar refractivity (Wildman–Crippen MR) is 76.7 cm³/mol. The molecule has 0 amide bonds. The molecule has 0 fully saturated rings. The topological polar surface area (TPSA) is 69.6 Å². The molecule has 4 nitrogen and oxygen atoms in total. The number of aryl methyl sites for hydroxylation is 1. The second kappa shape index (κ2) is 7.14. The van der Waals surface area contributed by atoms with Gasteiger partial charge in [-0.1, -0.05) is 32.8 Å². The van der Waals surface area contributed by atoms with Crippen molar-refractivity contribution in [3.63, 3.8) is 0 Å². The molecule has 1 atom stereocenters. The number of hydrogen-bond acceptors (Lipinski definition) is 3. The van der Waals surface area contributed by atoms with Gasteiger partial charge in [-0.15, -0.1) is 0 Å². The number of aliphatic hydroxyl groups is 1. The molecule has 0 radical (unpaired) electrons. The molecule has 3 N–H and O–H groups in total. The number of aromatic carboxylic acids is 1. The first kappa shape index (κ1) is 15.5. The van der Waals surface area contributed by atoms with Crippen molar-refractivity contribution in [1.29, 1.82) is 0 Å². The normalized spacial score (nSPS) is 12.5. The molecule has 4 heteroatoms. The van der Waals surface area contributed by atoms with Crippen LogP contribution in [0.1, 0.15) is 42.6 Å². The summed E-state index contributed by atoms with van der Waals surface area (Å²) < 4.78 is 0. The Balaban J connectivity index is 2.76. The van der Waals surface area contributed by atoms with Gasteiger partial charge in [0.1, 0.15) is 0 Å². The maximum atomic E-state index is 11.1. The number of carboxylic acid groups (broad SMARTS) is 1. The molecular weight excluding hydrogens is 242 g/mol. The summed E-state index contributed by atoms with van der Waals surface area (Å²) in [6.45, 7) is 6.38. The first-order chi connectivity index (χ1) is 8.99. The van der Waals surface area contributed by atoms with Crippen LogP contribution < -0.4 is 5.32 Å². The van der Waals surface area contributed by atoms with E-state index in [9.17, 15) is 9.90 Å². The van der Waals surface area contributed by atoms with Gasteiger partial charge in [-0.2, -0.15) is 0 Å². The Labute approximate surface area is 114 Å². The van der Waals surface area contributed by atoms with Crippen LogP contribution in [0.3, 0.4) is 0 Å². The fourth-order valence-electron chi connectivity index (χ4n) is 2.20. The van der Waals surface area contributed by atoms with Crippen molar-refractivity contribution in [2.45, 2.75) is 39.7 Å². The number of benzene rings is 1. The van der Waals surface area contributed by atoms with Gasteiger partial charge in [0.15, 0.2) is 0 Å². The number of carboxylic acids is 1. The highest BCUT2D eigenvalue weighted by molar-refractivity contribution is 5.94. The Morgan fingerprint density at radius 2 is 1.95 bits per heavy atom. The zero-order valence-electron chi connectivity index (χ0n) is 11.8. The number of anilines is 1. The van der Waals surface area contributed by atoms with Gasteiger partial charge in [0, 0.05) is 12.2 Å². The van der Waals surface area contributed by atoms with E-state index in [1.54, 1.807) is 18.2 Å². The Hall–Kier alpha value is -1.55. The van der Waals surface area contributed by atoms with Crippen molar-refractivity contribution < 1.29 is 15.0 Å². The van der Waals surface area contributed by atoms with Gasteiger partial charge in [0.25, 0.3) is 0 Å². The molecule has 1 rings (SSSR count). The highest BCUT2D eigenvalue weighted by atomic mass is 16.4. The highest BCUT2D eigenvalue weighted by Gasteiger charge is 2.16. The van der Waals surface area contributed by atoms with E-state index in [1.807, 2.05) is 20.8 Å². The lowest BCUT2D eigenvalue weighted by atomic mass is 9.96. The van der Waals surface area contributed by atoms with E-state index >= 15 is 0 Å². The fourth-order valence-corrected chi connectivity index (χ4v) is 2.20. The largest absolute Gasteiger partial charge is 0.478 e. The van der Waals surface area contributed by atoms with Gasteiger partial charge in [0.2, 0.25) is 0 Å². The van der Waals surface area contributed by atoms with Crippen LogP contribution in [0, 0.1) is 12.8 Å². The molecule has 0 aliphatic rings. The molecule has 0 spiro atoms. The Kier molecular flexibility index (Phi) is 5.83. The third kappa shape index (κ3) is 4.24. The Bertz CT molecular complexity index is 427. The second-order valence-electron chi connectivity index (χ2n) is 4.88. The van der Waals surface area contributed by atoms with E-state index in [0.29, 0.717) is 12.2 Å². The molecule has 0 aliphatic heterocycles. The molecule has 0 heterocycles. The summed E-state index contributed by atoms with van der Waals surface area (Å²) in [5.41, 5.74) is 1.80. The van der Waals surface area contributed by atoms with Crippen LogP contribution in [-0.4, -0.2) is 28.8 Å². The van der Waals surface area contributed by atoms with Crippen LogP contribution in [-0.2, 0) is 0 Å². The summed E-state index contributed by atoms with van der Waals surface area (Å²) in [6, 6.07) is 5.15. The van der Waals surface area contributed by atoms with Gasteiger partial charge in [-0.25, -0.2) is 4.79 Å². The first-order valence-corrected chi connectivity index (χ1v) is 6.75. The molecule has 0 bridgehead atoms. The summed E-state index contributed by atoms with van der Waals surface area (Å²) in [5, 5.41) is 22.2. The number of hydrogen-bond donors (Lipinski definition) is 3. The maximum absolute atomic E-state index is 11.1. The van der Waals surface area contributed by atoms with E-state index in [2.05, 4.69) is 5.32 Å². The summed E-state index contributed by atoms with van der Waals surface area (Å²) in [6.07, 6.45) is 1.37. The minimum atomic E-state index is -0.959. The average molecular weight is 265 g/mol. The Morgan fingerprint density at radius 3 is 2.47 bits per heavy atom. The minimum Gasteiger partial charge on any atom is -0.478 e. The monoisotopic (exact) mass is 265 g/mol. The van der Waals surface area contributed by atoms with Gasteiger partial charge in [-0.3, -0.25) is 0 Å². The van der Waals surface area contributed by atoms with Crippen molar-refractivity contribution >= 4 is 11.7 Å². The number of nitrogens with one attached hydrogen (secondary N) is 1. The molecule has 1 aromatic rings. The fraction of sp³-hybridized carbons (Fsp3) is 0.533. The van der Waals surface area contributed by atoms with E-state index in [1.165, 1.54) is 0 Å². The highest BCUT2D eigenvalue weighted by Crippen LogP contribution is 2.19. The number of carbonyl (C=O) groups is 1. The molecule has 0 aliphatic carbocycles. The lowest BCUT2D eigenvalue weighted by Crippen LogP contribution is -2.28. The molecule has 106 valence electrons. The molecular formula is C15H23NO3. The van der Waals surface area contributed by atoms with Crippen LogP contribution >= 0.6 is 0 Å². The summed E-state index contributed by atoms with van der Waals surface area (Å²) in [7, 11) is 0. The van der Waals surface area contributed by atoms with Crippen molar-refractivity contribution in [3.8, 4) is 0 Å². The number of rotatable bonds is 7. The van der Waals surface area contributed by atoms with Crippen molar-refractivity contribution in [2.75, 3.05) is 11.9 Å². The zero-order chi connectivity index (χ0) is 14.4. The summed E-state index contributed by atoms with van der Waals surface area (Å²) >= 11 is 0. The van der Waals surface area contributed by atoms with Crippen LogP contribution in [0.4, 0.5) is 5.69 Å². The van der Waals surface area contributed by atoms with E-state index in [0.717, 1.165) is 18.4 Å². The smallest absolute Gasteiger partial charge is 0.337 e. The molecule has 1 aromatic carbocycles. The molecule has 1 unspecified atom stereocenters. The van der Waals surface area contributed by atoms with Gasteiger partial charge < -0.3 is 15.5 Å². The third-order valence-corrected chi connectivity index (χ3v) is 3.50. The Morgan fingerprint density at radius 1 is 1.32 bits per heavy atom. The van der Waals surface area contributed by atoms with E-state index in [4.69, 9.17) is 5.11 Å². The van der Waals surface area contributed by atoms with Gasteiger partial charge >= 0.3 is 5.97 Å². The molecule has 19 heavy (non-hydrogen) atoms. The quantitative estimate of drug-likeness (QED) is 0.709. The number of aliphatic hydroxyl groups excluding tert-OH is 1. The van der Waals surface area contributed by atoms with Crippen LogP contribution in [0.2, 0.25) is 0 Å². The first-order valence-electron chi connectivity index (χ1n) is 6.75. The third-order valence-electron chi connectivity index (χ3n) is 3.50. The van der Waals surface area contributed by atoms with Crippen molar-refractivity contribution in [1.82, 2.24) is 0 Å². The maximum Gasteiger partial charge on any atom is 0.337 e. The lowest BCUT2D eigenvalue weighted by Gasteiger charge is -2.21. The molecule has 0 saturated carbocycles.